The average Bonchev–Trinajstić information content (AvgIpc) is 3.40. The summed E-state index contributed by atoms with van der Waals surface area (Å²) in [6.45, 7) is 9.12. The molecule has 233 valence electrons. The van der Waals surface area contributed by atoms with E-state index in [0.29, 0.717) is 0 Å². The zero-order valence-electron chi connectivity index (χ0n) is 28.6. The van der Waals surface area contributed by atoms with Crippen LogP contribution in [0.1, 0.15) is 33.1 Å². The molecule has 2 nitrogen and oxygen atoms in total. The van der Waals surface area contributed by atoms with Crippen LogP contribution in [0.4, 0.5) is 0 Å². The van der Waals surface area contributed by atoms with Crippen LogP contribution in [0.25, 0.3) is 53.5 Å². The predicted octanol–water partition coefficient (Wildman–Crippen LogP) is 10.8. The van der Waals surface area contributed by atoms with Gasteiger partial charge in [0.05, 0.1) is 8.07 Å². The Morgan fingerprint density at radius 1 is 0.848 bits per heavy atom. The van der Waals surface area contributed by atoms with Gasteiger partial charge < -0.3 is 9.97 Å². The molecule has 0 bridgehead atoms. The van der Waals surface area contributed by atoms with Crippen LogP contribution >= 0.6 is 11.3 Å². The van der Waals surface area contributed by atoms with E-state index in [1.807, 2.05) is 48.7 Å². The summed E-state index contributed by atoms with van der Waals surface area (Å²) in [6, 6.07) is 37.9. The molecule has 1 saturated carbocycles. The molecule has 7 aromatic rings. The van der Waals surface area contributed by atoms with E-state index < -0.39 is 14.4 Å². The Balaban J connectivity index is 0.000000201. The molecule has 46 heavy (non-hydrogen) atoms. The second-order valence-corrected chi connectivity index (χ2v) is 19.2. The zero-order chi connectivity index (χ0) is 32.8. The molecule has 3 aromatic heterocycles. The molecule has 1 fully saturated rings. The molecule has 1 aliphatic rings. The fourth-order valence-electron chi connectivity index (χ4n) is 5.79. The monoisotopic (exact) mass is 813 g/mol. The third-order valence-corrected chi connectivity index (χ3v) is 11.9. The Morgan fingerprint density at radius 3 is 2.43 bits per heavy atom. The number of fused-ring (bicyclic) bond motifs is 4. The van der Waals surface area contributed by atoms with Gasteiger partial charge in [0.1, 0.15) is 0 Å². The Labute approximate surface area is 294 Å². The number of benzene rings is 4. The van der Waals surface area contributed by atoms with Crippen LogP contribution in [-0.2, 0) is 26.5 Å². The Kier molecular flexibility index (Phi) is 8.91. The smallest absolute Gasteiger partial charge is 0.0795 e. The summed E-state index contributed by atoms with van der Waals surface area (Å²) in [5.41, 5.74) is 5.83. The molecular formula is C41H38IrN2SSi-2. The summed E-state index contributed by atoms with van der Waals surface area (Å²) < 4.78 is 19.8. The van der Waals surface area contributed by atoms with Crippen molar-refractivity contribution in [3.63, 3.8) is 0 Å². The van der Waals surface area contributed by atoms with Crippen LogP contribution in [0.5, 0.6) is 0 Å². The first-order chi connectivity index (χ1) is 22.6. The molecule has 0 saturated heterocycles. The zero-order valence-corrected chi connectivity index (χ0v) is 30.9. The van der Waals surface area contributed by atoms with Gasteiger partial charge in [-0.05, 0) is 74.8 Å². The normalized spacial score (nSPS) is 14.2. The summed E-state index contributed by atoms with van der Waals surface area (Å²) in [7, 11) is -1.23. The minimum Gasteiger partial charge on any atom is -0.305 e. The van der Waals surface area contributed by atoms with E-state index in [1.165, 1.54) is 41.7 Å². The third kappa shape index (κ3) is 6.94. The van der Waals surface area contributed by atoms with Crippen LogP contribution in [0.15, 0.2) is 103 Å². The number of hydrogen-bond acceptors (Lipinski definition) is 3. The van der Waals surface area contributed by atoms with Gasteiger partial charge in [0.15, 0.2) is 0 Å². The van der Waals surface area contributed by atoms with Crippen molar-refractivity contribution in [1.82, 2.24) is 9.97 Å². The van der Waals surface area contributed by atoms with E-state index in [2.05, 4.69) is 97.2 Å². The van der Waals surface area contributed by atoms with Gasteiger partial charge in [-0.3, -0.25) is 0 Å². The van der Waals surface area contributed by atoms with E-state index in [9.17, 15) is 0 Å². The summed E-state index contributed by atoms with van der Waals surface area (Å²) in [6.07, 6.45) is 5.52. The van der Waals surface area contributed by atoms with Crippen LogP contribution in [-0.4, -0.2) is 18.0 Å². The molecule has 0 spiro atoms. The van der Waals surface area contributed by atoms with Gasteiger partial charge in [0.2, 0.25) is 0 Å². The first kappa shape index (κ1) is 29.9. The van der Waals surface area contributed by atoms with Crippen molar-refractivity contribution >= 4 is 55.5 Å². The minimum absolute atomic E-state index is 0. The summed E-state index contributed by atoms with van der Waals surface area (Å²) in [5, 5.41) is 6.38. The van der Waals surface area contributed by atoms with Crippen molar-refractivity contribution in [2.45, 2.75) is 52.2 Å². The largest absolute Gasteiger partial charge is 0.305 e. The molecule has 4 aromatic carbocycles. The summed E-state index contributed by atoms with van der Waals surface area (Å²) in [4.78, 5) is 9.14. The van der Waals surface area contributed by atoms with Crippen molar-refractivity contribution < 1.29 is 22.8 Å². The maximum absolute atomic E-state index is 8.67. The maximum Gasteiger partial charge on any atom is 0.0795 e. The number of pyridine rings is 2. The number of rotatable bonds is 5. The number of aromatic nitrogens is 2. The molecule has 0 aliphatic heterocycles. The van der Waals surface area contributed by atoms with Crippen LogP contribution < -0.4 is 5.19 Å². The van der Waals surface area contributed by atoms with Crippen molar-refractivity contribution in [2.75, 3.05) is 0 Å². The fraction of sp³-hybridized carbons (Fsp3) is 0.220. The Bertz CT molecular complexity index is 2210. The van der Waals surface area contributed by atoms with E-state index in [-0.39, 0.29) is 26.0 Å². The van der Waals surface area contributed by atoms with Crippen molar-refractivity contribution in [1.29, 1.82) is 0 Å². The molecule has 0 amide bonds. The number of nitrogens with zero attached hydrogens (tertiary/aromatic N) is 2. The van der Waals surface area contributed by atoms with Crippen molar-refractivity contribution in [3.05, 3.63) is 127 Å². The predicted molar refractivity (Wildman–Crippen MR) is 196 cm³/mol. The molecule has 3 heterocycles. The first-order valence-electron chi connectivity index (χ1n) is 16.8. The molecule has 1 aliphatic carbocycles. The Morgan fingerprint density at radius 2 is 1.72 bits per heavy atom. The van der Waals surface area contributed by atoms with Crippen molar-refractivity contribution in [2.24, 2.45) is 5.92 Å². The number of thiophene rings is 1. The summed E-state index contributed by atoms with van der Waals surface area (Å²) in [5.74, 6) is 0.114. The van der Waals surface area contributed by atoms with Crippen molar-refractivity contribution in [3.8, 4) is 22.5 Å². The SMILES string of the molecule is C[Si](C)(C)c1ccc(-c2[c-]cccc2)nc1.[2H]C([2H])(c1ccnc(-c2[c-]ccc3c2sc2cc4cc(C)ccc4cc23)c1)C1CCC1.[Ir]. The van der Waals surface area contributed by atoms with E-state index in [1.54, 1.807) is 17.5 Å². The Hall–Kier alpha value is -3.47. The van der Waals surface area contributed by atoms with Gasteiger partial charge in [-0.2, -0.15) is 11.3 Å². The number of hydrogen-bond donors (Lipinski definition) is 0. The van der Waals surface area contributed by atoms with E-state index in [0.717, 1.165) is 47.3 Å². The van der Waals surface area contributed by atoms with Gasteiger partial charge in [0, 0.05) is 39.9 Å². The molecule has 0 N–H and O–H groups in total. The standard InChI is InChI=1S/C27H22NS.C14H16NSi.Ir/c1-17-8-9-20-15-24-22-6-3-7-23(27(22)29-26(24)16-21(20)12-17)25-14-19(10-11-28-25)13-18-4-2-5-18;1-16(2,3)13-9-10-14(15-11-13)12-7-5-4-6-8-12;/h3,6,8-12,14-16,18H,2,4-5,13H2,1H3;4-7,9-11H,1-3H3;/q2*-1;/i13D2;;. The quantitative estimate of drug-likeness (QED) is 0.128. The van der Waals surface area contributed by atoms with Gasteiger partial charge >= 0.3 is 0 Å². The maximum atomic E-state index is 8.67. The second-order valence-electron chi connectivity index (χ2n) is 13.1. The van der Waals surface area contributed by atoms with E-state index >= 15 is 0 Å². The topological polar surface area (TPSA) is 25.8 Å². The van der Waals surface area contributed by atoms with Gasteiger partial charge in [0.25, 0.3) is 0 Å². The van der Waals surface area contributed by atoms with Gasteiger partial charge in [-0.1, -0.05) is 91.8 Å². The average molecular weight is 813 g/mol. The van der Waals surface area contributed by atoms with Gasteiger partial charge in [-0.25, -0.2) is 0 Å². The van der Waals surface area contributed by atoms with E-state index in [4.69, 9.17) is 2.74 Å². The van der Waals surface area contributed by atoms with Crippen LogP contribution in [0.2, 0.25) is 19.6 Å². The molecule has 1 radical (unpaired) electrons. The molecule has 8 rings (SSSR count). The van der Waals surface area contributed by atoms with Crippen LogP contribution in [0, 0.1) is 25.0 Å². The third-order valence-electron chi connectivity index (χ3n) is 8.65. The summed E-state index contributed by atoms with van der Waals surface area (Å²) >= 11 is 1.77. The van der Waals surface area contributed by atoms with Gasteiger partial charge in [-0.15, -0.1) is 59.7 Å². The van der Waals surface area contributed by atoms with Crippen LogP contribution in [0.3, 0.4) is 0 Å². The minimum atomic E-state index is -1.31. The molecule has 5 heteroatoms. The molecule has 0 unspecified atom stereocenters. The molecular weight excluding hydrogens is 773 g/mol. The number of aryl methyl sites for hydroxylation is 1. The second kappa shape index (κ2) is 13.7. The first-order valence-corrected chi connectivity index (χ1v) is 20.1. The fourth-order valence-corrected chi connectivity index (χ4v) is 8.06. The molecule has 0 atom stereocenters.